The molecule has 0 unspecified atom stereocenters. The van der Waals surface area contributed by atoms with Crippen molar-refractivity contribution in [1.29, 1.82) is 0 Å². The lowest BCUT2D eigenvalue weighted by Crippen LogP contribution is -2.34. The van der Waals surface area contributed by atoms with Crippen LogP contribution in [0.3, 0.4) is 0 Å². The second-order valence-corrected chi connectivity index (χ2v) is 8.30. The molecular weight excluding hydrogens is 431 g/mol. The Morgan fingerprint density at radius 1 is 0.969 bits per heavy atom. The largest absolute Gasteiger partial charge is 0.486 e. The average molecular weight is 450 g/mol. The lowest BCUT2D eigenvalue weighted by molar-refractivity contribution is -0.136. The zero-order chi connectivity index (χ0) is 22.1. The van der Waals surface area contributed by atoms with Gasteiger partial charge in [-0.2, -0.15) is 0 Å². The van der Waals surface area contributed by atoms with Crippen molar-refractivity contribution in [3.8, 4) is 11.5 Å². The van der Waals surface area contributed by atoms with Crippen molar-refractivity contribution in [2.45, 2.75) is 6.42 Å². The molecule has 3 aromatic rings. The number of hydrogen-bond donors (Lipinski definition) is 1. The van der Waals surface area contributed by atoms with Crippen molar-refractivity contribution in [3.63, 3.8) is 0 Å². The molecule has 8 heteroatoms. The van der Waals surface area contributed by atoms with E-state index in [1.807, 2.05) is 17.5 Å². The third-order valence-corrected chi connectivity index (χ3v) is 6.17. The monoisotopic (exact) mass is 450 g/mol. The number of imide groups is 1. The second-order valence-electron chi connectivity index (χ2n) is 7.35. The number of thiophene rings is 1. The molecule has 2 aromatic carbocycles. The van der Waals surface area contributed by atoms with Crippen molar-refractivity contribution in [1.82, 2.24) is 4.90 Å². The molecule has 0 saturated carbocycles. The molecule has 6 nitrogen and oxygen atoms in total. The summed E-state index contributed by atoms with van der Waals surface area (Å²) in [5, 5.41) is 5.00. The first-order chi connectivity index (χ1) is 15.6. The number of amides is 2. The Morgan fingerprint density at radius 2 is 1.75 bits per heavy atom. The maximum Gasteiger partial charge on any atom is 0.278 e. The van der Waals surface area contributed by atoms with E-state index in [9.17, 15) is 14.0 Å². The Hall–Kier alpha value is -3.65. The van der Waals surface area contributed by atoms with Gasteiger partial charge in [-0.15, -0.1) is 11.3 Å². The van der Waals surface area contributed by atoms with E-state index >= 15 is 0 Å². The Kier molecular flexibility index (Phi) is 5.36. The van der Waals surface area contributed by atoms with E-state index in [-0.39, 0.29) is 24.0 Å². The van der Waals surface area contributed by atoms with Gasteiger partial charge < -0.3 is 14.8 Å². The van der Waals surface area contributed by atoms with Crippen LogP contribution >= 0.6 is 11.3 Å². The van der Waals surface area contributed by atoms with E-state index in [0.29, 0.717) is 47.3 Å². The minimum atomic E-state index is -0.393. The predicted octanol–water partition coefficient (Wildman–Crippen LogP) is 4.09. The summed E-state index contributed by atoms with van der Waals surface area (Å²) in [6, 6.07) is 15.0. The van der Waals surface area contributed by atoms with Gasteiger partial charge in [-0.25, -0.2) is 4.39 Å². The molecule has 0 spiro atoms. The molecule has 2 aliphatic rings. The Morgan fingerprint density at radius 3 is 2.50 bits per heavy atom. The lowest BCUT2D eigenvalue weighted by atomic mass is 10.1. The lowest BCUT2D eigenvalue weighted by Gasteiger charge is -2.19. The zero-order valence-corrected chi connectivity index (χ0v) is 17.8. The Labute approximate surface area is 187 Å². The number of anilines is 1. The van der Waals surface area contributed by atoms with Crippen LogP contribution in [0.1, 0.15) is 10.4 Å². The van der Waals surface area contributed by atoms with Crippen LogP contribution < -0.4 is 14.8 Å². The fourth-order valence-electron chi connectivity index (χ4n) is 3.70. The van der Waals surface area contributed by atoms with Crippen LogP contribution in [0.5, 0.6) is 11.5 Å². The van der Waals surface area contributed by atoms with E-state index in [4.69, 9.17) is 9.47 Å². The van der Waals surface area contributed by atoms with Gasteiger partial charge in [0.25, 0.3) is 11.8 Å². The van der Waals surface area contributed by atoms with E-state index < -0.39 is 5.91 Å². The van der Waals surface area contributed by atoms with Crippen LogP contribution in [-0.4, -0.2) is 36.5 Å². The van der Waals surface area contributed by atoms with E-state index in [0.717, 1.165) is 5.56 Å². The molecule has 0 bridgehead atoms. The molecule has 5 rings (SSSR count). The minimum Gasteiger partial charge on any atom is -0.486 e. The average Bonchev–Trinajstić information content (AvgIpc) is 3.41. The van der Waals surface area contributed by atoms with Gasteiger partial charge in [0.15, 0.2) is 11.5 Å². The molecule has 0 aliphatic carbocycles. The summed E-state index contributed by atoms with van der Waals surface area (Å²) in [6.07, 6.45) is 0.437. The van der Waals surface area contributed by atoms with Gasteiger partial charge >= 0.3 is 0 Å². The van der Waals surface area contributed by atoms with Crippen LogP contribution in [-0.2, 0) is 16.0 Å². The number of ether oxygens (including phenoxy) is 2. The molecule has 3 heterocycles. The van der Waals surface area contributed by atoms with Crippen molar-refractivity contribution in [2.75, 3.05) is 25.1 Å². The number of benzene rings is 2. The van der Waals surface area contributed by atoms with Gasteiger partial charge in [-0.3, -0.25) is 14.5 Å². The fraction of sp³-hybridized carbons (Fsp3) is 0.167. The van der Waals surface area contributed by atoms with Gasteiger partial charge in [0, 0.05) is 23.2 Å². The standard InChI is InChI=1S/C24H19FN2O4S/c25-16-5-3-15(4-6-16)9-10-27-23(28)21(20-2-1-13-32-20)22(24(27)29)26-17-7-8-18-19(14-17)31-12-11-30-18/h1-8,13-14,26H,9-12H2. The van der Waals surface area contributed by atoms with E-state index in [2.05, 4.69) is 5.32 Å². The molecule has 0 saturated heterocycles. The van der Waals surface area contributed by atoms with Gasteiger partial charge in [0.2, 0.25) is 0 Å². The highest BCUT2D eigenvalue weighted by atomic mass is 32.1. The first-order valence-electron chi connectivity index (χ1n) is 10.2. The summed E-state index contributed by atoms with van der Waals surface area (Å²) in [6.45, 7) is 1.14. The zero-order valence-electron chi connectivity index (χ0n) is 17.0. The number of carbonyl (C=O) groups is 2. The van der Waals surface area contributed by atoms with Crippen molar-refractivity contribution < 1.29 is 23.5 Å². The number of halogens is 1. The summed E-state index contributed by atoms with van der Waals surface area (Å²) < 4.78 is 24.3. The van der Waals surface area contributed by atoms with Crippen LogP contribution in [0.2, 0.25) is 0 Å². The summed E-state index contributed by atoms with van der Waals surface area (Å²) in [5.41, 5.74) is 2.05. The number of rotatable bonds is 6. The molecule has 2 aliphatic heterocycles. The number of nitrogens with one attached hydrogen (secondary N) is 1. The molecule has 0 fully saturated rings. The van der Waals surface area contributed by atoms with Gasteiger partial charge in [-0.05, 0) is 47.7 Å². The first kappa shape index (κ1) is 20.3. The van der Waals surface area contributed by atoms with E-state index in [1.165, 1.54) is 28.4 Å². The minimum absolute atomic E-state index is 0.199. The van der Waals surface area contributed by atoms with Crippen molar-refractivity contribution in [3.05, 3.63) is 81.9 Å². The first-order valence-corrected chi connectivity index (χ1v) is 11.0. The topological polar surface area (TPSA) is 67.9 Å². The highest BCUT2D eigenvalue weighted by Crippen LogP contribution is 2.36. The molecule has 162 valence electrons. The third kappa shape index (κ3) is 3.85. The Bertz CT molecular complexity index is 1210. The highest BCUT2D eigenvalue weighted by Gasteiger charge is 2.39. The predicted molar refractivity (Wildman–Crippen MR) is 119 cm³/mol. The van der Waals surface area contributed by atoms with E-state index in [1.54, 1.807) is 30.3 Å². The van der Waals surface area contributed by atoms with Gasteiger partial charge in [0.1, 0.15) is 24.7 Å². The summed E-state index contributed by atoms with van der Waals surface area (Å²) in [5.74, 6) is 0.165. The number of fused-ring (bicyclic) bond motifs is 1. The quantitative estimate of drug-likeness (QED) is 0.573. The molecule has 1 N–H and O–H groups in total. The highest BCUT2D eigenvalue weighted by molar-refractivity contribution is 7.11. The number of carbonyl (C=O) groups excluding carboxylic acids is 2. The smallest absolute Gasteiger partial charge is 0.278 e. The second kappa shape index (κ2) is 8.47. The van der Waals surface area contributed by atoms with Crippen LogP contribution in [0.25, 0.3) is 5.57 Å². The Balaban J connectivity index is 1.42. The summed E-state index contributed by atoms with van der Waals surface area (Å²) >= 11 is 1.40. The number of hydrogen-bond acceptors (Lipinski definition) is 6. The van der Waals surface area contributed by atoms with Crippen LogP contribution in [0.15, 0.2) is 65.7 Å². The van der Waals surface area contributed by atoms with Crippen molar-refractivity contribution >= 4 is 34.4 Å². The molecular formula is C24H19FN2O4S. The van der Waals surface area contributed by atoms with Crippen LogP contribution in [0, 0.1) is 5.82 Å². The third-order valence-electron chi connectivity index (χ3n) is 5.28. The molecule has 32 heavy (non-hydrogen) atoms. The van der Waals surface area contributed by atoms with Crippen molar-refractivity contribution in [2.24, 2.45) is 0 Å². The molecule has 1 aromatic heterocycles. The normalized spacial score (nSPS) is 15.5. The fourth-order valence-corrected chi connectivity index (χ4v) is 4.47. The van der Waals surface area contributed by atoms with Gasteiger partial charge in [0.05, 0.1) is 5.57 Å². The van der Waals surface area contributed by atoms with Crippen LogP contribution in [0.4, 0.5) is 10.1 Å². The molecule has 0 radical (unpaired) electrons. The maximum absolute atomic E-state index is 13.3. The maximum atomic E-state index is 13.3. The molecule has 2 amide bonds. The summed E-state index contributed by atoms with van der Waals surface area (Å²) in [7, 11) is 0. The van der Waals surface area contributed by atoms with Gasteiger partial charge in [-0.1, -0.05) is 18.2 Å². The molecule has 0 atom stereocenters. The SMILES string of the molecule is O=C1C(Nc2ccc3c(c2)OCCO3)=C(c2cccs2)C(=O)N1CCc1ccc(F)cc1. The number of nitrogens with zero attached hydrogens (tertiary/aromatic N) is 1. The summed E-state index contributed by atoms with van der Waals surface area (Å²) in [4.78, 5) is 28.4.